The molecule has 2 aromatic rings. The molecular formula is C19H22N4O5S. The van der Waals surface area contributed by atoms with Crippen LogP contribution in [0.5, 0.6) is 11.5 Å². The van der Waals surface area contributed by atoms with Crippen molar-refractivity contribution in [2.24, 2.45) is 0 Å². The lowest BCUT2D eigenvalue weighted by Gasteiger charge is -2.34. The van der Waals surface area contributed by atoms with E-state index in [-0.39, 0.29) is 19.1 Å². The lowest BCUT2D eigenvalue weighted by atomic mass is 10.1. The summed E-state index contributed by atoms with van der Waals surface area (Å²) in [5.74, 6) is 1.62. The Morgan fingerprint density at radius 3 is 2.79 bits per heavy atom. The van der Waals surface area contributed by atoms with Gasteiger partial charge in [0.1, 0.15) is 0 Å². The molecule has 1 aromatic carbocycles. The Morgan fingerprint density at radius 1 is 1.21 bits per heavy atom. The average molecular weight is 418 g/mol. The molecule has 2 aliphatic heterocycles. The monoisotopic (exact) mass is 418 g/mol. The second-order valence-corrected chi connectivity index (χ2v) is 7.64. The third-order valence-corrected chi connectivity index (χ3v) is 5.65. The Morgan fingerprint density at radius 2 is 2.00 bits per heavy atom. The van der Waals surface area contributed by atoms with E-state index in [1.165, 1.54) is 24.0 Å². The van der Waals surface area contributed by atoms with E-state index in [1.807, 2.05) is 23.1 Å². The molecule has 154 valence electrons. The van der Waals surface area contributed by atoms with Gasteiger partial charge < -0.3 is 19.1 Å². The standard InChI is InChI=1S/C19H22N4O5S/c1-26-19(25)21-18-20-14(11-29-18)9-17(24)23-6-4-22(5-7-23)10-13-2-3-15-16(8-13)28-12-27-15/h2-3,8,11H,4-7,9-10,12H2,1H3,(H,20,21,25). The van der Waals surface area contributed by atoms with Crippen LogP contribution in [0, 0.1) is 0 Å². The zero-order valence-electron chi connectivity index (χ0n) is 16.1. The van der Waals surface area contributed by atoms with E-state index in [0.29, 0.717) is 23.9 Å². The summed E-state index contributed by atoms with van der Waals surface area (Å²) >= 11 is 1.27. The Labute approximate surface area is 172 Å². The number of amides is 2. The molecule has 0 radical (unpaired) electrons. The van der Waals surface area contributed by atoms with Crippen molar-refractivity contribution in [3.63, 3.8) is 0 Å². The van der Waals surface area contributed by atoms with E-state index in [9.17, 15) is 9.59 Å². The van der Waals surface area contributed by atoms with Gasteiger partial charge in [-0.05, 0) is 17.7 Å². The third kappa shape index (κ3) is 4.77. The van der Waals surface area contributed by atoms with Crippen LogP contribution in [-0.2, 0) is 22.5 Å². The number of anilines is 1. The molecule has 1 fully saturated rings. The first-order valence-electron chi connectivity index (χ1n) is 9.29. The molecule has 0 atom stereocenters. The predicted octanol–water partition coefficient (Wildman–Crippen LogP) is 1.94. The Kier molecular flexibility index (Phi) is 5.81. The highest BCUT2D eigenvalue weighted by Gasteiger charge is 2.23. The molecule has 0 saturated carbocycles. The highest BCUT2D eigenvalue weighted by molar-refractivity contribution is 7.13. The number of hydrogen-bond donors (Lipinski definition) is 1. The molecule has 2 amide bonds. The normalized spacial score (nSPS) is 16.0. The quantitative estimate of drug-likeness (QED) is 0.793. The minimum Gasteiger partial charge on any atom is -0.454 e. The molecule has 9 nitrogen and oxygen atoms in total. The van der Waals surface area contributed by atoms with Gasteiger partial charge in [0.15, 0.2) is 16.6 Å². The number of thiazole rings is 1. The van der Waals surface area contributed by atoms with Crippen LogP contribution in [-0.4, -0.2) is 66.9 Å². The van der Waals surface area contributed by atoms with Gasteiger partial charge >= 0.3 is 6.09 Å². The summed E-state index contributed by atoms with van der Waals surface area (Å²) in [5.41, 5.74) is 1.82. The third-order valence-electron chi connectivity index (χ3n) is 4.85. The number of benzene rings is 1. The number of methoxy groups -OCH3 is 1. The molecule has 10 heteroatoms. The van der Waals surface area contributed by atoms with E-state index in [0.717, 1.165) is 31.1 Å². The summed E-state index contributed by atoms with van der Waals surface area (Å²) in [5, 5.41) is 4.71. The molecule has 2 aliphatic rings. The molecule has 0 unspecified atom stereocenters. The number of ether oxygens (including phenoxy) is 3. The van der Waals surface area contributed by atoms with Crippen molar-refractivity contribution in [1.82, 2.24) is 14.8 Å². The van der Waals surface area contributed by atoms with Gasteiger partial charge in [-0.1, -0.05) is 6.07 Å². The van der Waals surface area contributed by atoms with Gasteiger partial charge in [-0.25, -0.2) is 9.78 Å². The second-order valence-electron chi connectivity index (χ2n) is 6.78. The maximum absolute atomic E-state index is 12.6. The van der Waals surface area contributed by atoms with E-state index < -0.39 is 6.09 Å². The molecular weight excluding hydrogens is 396 g/mol. The number of piperazine rings is 1. The topological polar surface area (TPSA) is 93.2 Å². The van der Waals surface area contributed by atoms with Crippen LogP contribution >= 0.6 is 11.3 Å². The van der Waals surface area contributed by atoms with Crippen molar-refractivity contribution in [2.45, 2.75) is 13.0 Å². The number of rotatable bonds is 5. The van der Waals surface area contributed by atoms with E-state index in [1.54, 1.807) is 5.38 Å². The van der Waals surface area contributed by atoms with Crippen molar-refractivity contribution in [3.8, 4) is 11.5 Å². The number of aromatic nitrogens is 1. The number of fused-ring (bicyclic) bond motifs is 1. The van der Waals surface area contributed by atoms with Gasteiger partial charge in [0.2, 0.25) is 12.7 Å². The average Bonchev–Trinajstić information content (AvgIpc) is 3.37. The molecule has 1 aromatic heterocycles. The van der Waals surface area contributed by atoms with Crippen molar-refractivity contribution in [3.05, 3.63) is 34.8 Å². The number of nitrogens with one attached hydrogen (secondary N) is 1. The fourth-order valence-electron chi connectivity index (χ4n) is 3.30. The minimum atomic E-state index is -0.573. The molecule has 0 bridgehead atoms. The molecule has 3 heterocycles. The van der Waals surface area contributed by atoms with Crippen LogP contribution < -0.4 is 14.8 Å². The first-order chi connectivity index (χ1) is 14.1. The first-order valence-corrected chi connectivity index (χ1v) is 10.2. The first kappa shape index (κ1) is 19.5. The lowest BCUT2D eigenvalue weighted by molar-refractivity contribution is -0.132. The van der Waals surface area contributed by atoms with Crippen LogP contribution in [0.3, 0.4) is 0 Å². The molecule has 29 heavy (non-hydrogen) atoms. The predicted molar refractivity (Wildman–Crippen MR) is 106 cm³/mol. The van der Waals surface area contributed by atoms with Crippen molar-refractivity contribution < 1.29 is 23.8 Å². The summed E-state index contributed by atoms with van der Waals surface area (Å²) in [6.45, 7) is 4.08. The Bertz CT molecular complexity index is 894. The molecule has 4 rings (SSSR count). The summed E-state index contributed by atoms with van der Waals surface area (Å²) in [6.07, 6.45) is -0.350. The van der Waals surface area contributed by atoms with Gasteiger partial charge in [0.25, 0.3) is 0 Å². The summed E-state index contributed by atoms with van der Waals surface area (Å²) in [6, 6.07) is 6.00. The van der Waals surface area contributed by atoms with Crippen LogP contribution in [0.4, 0.5) is 9.93 Å². The van der Waals surface area contributed by atoms with E-state index >= 15 is 0 Å². The van der Waals surface area contributed by atoms with Crippen LogP contribution in [0.1, 0.15) is 11.3 Å². The van der Waals surface area contributed by atoms with Crippen LogP contribution in [0.2, 0.25) is 0 Å². The number of nitrogens with zero attached hydrogens (tertiary/aromatic N) is 3. The maximum atomic E-state index is 12.6. The highest BCUT2D eigenvalue weighted by Crippen LogP contribution is 2.32. The van der Waals surface area contributed by atoms with Gasteiger partial charge in [0.05, 0.1) is 19.2 Å². The fraction of sp³-hybridized carbons (Fsp3) is 0.421. The molecule has 0 aliphatic carbocycles. The Balaban J connectivity index is 1.25. The van der Waals surface area contributed by atoms with Crippen LogP contribution in [0.15, 0.2) is 23.6 Å². The van der Waals surface area contributed by atoms with Crippen molar-refractivity contribution in [2.75, 3.05) is 45.4 Å². The maximum Gasteiger partial charge on any atom is 0.413 e. The SMILES string of the molecule is COC(=O)Nc1nc(CC(=O)N2CCN(Cc3ccc4c(c3)OCO4)CC2)cs1. The second kappa shape index (κ2) is 8.66. The number of carbonyl (C=O) groups is 2. The number of carbonyl (C=O) groups excluding carboxylic acids is 2. The largest absolute Gasteiger partial charge is 0.454 e. The van der Waals surface area contributed by atoms with Gasteiger partial charge in [-0.15, -0.1) is 11.3 Å². The lowest BCUT2D eigenvalue weighted by Crippen LogP contribution is -2.48. The summed E-state index contributed by atoms with van der Waals surface area (Å²) in [4.78, 5) is 32.2. The highest BCUT2D eigenvalue weighted by atomic mass is 32.1. The smallest absolute Gasteiger partial charge is 0.413 e. The zero-order valence-corrected chi connectivity index (χ0v) is 16.9. The van der Waals surface area contributed by atoms with Gasteiger partial charge in [-0.3, -0.25) is 15.0 Å². The van der Waals surface area contributed by atoms with Gasteiger partial charge in [0, 0.05) is 38.1 Å². The Hall–Kier alpha value is -2.85. The number of hydrogen-bond acceptors (Lipinski definition) is 8. The molecule has 1 saturated heterocycles. The molecule has 0 spiro atoms. The van der Waals surface area contributed by atoms with E-state index in [4.69, 9.17) is 9.47 Å². The van der Waals surface area contributed by atoms with Crippen molar-refractivity contribution in [1.29, 1.82) is 0 Å². The minimum absolute atomic E-state index is 0.0441. The van der Waals surface area contributed by atoms with Crippen LogP contribution in [0.25, 0.3) is 0 Å². The van der Waals surface area contributed by atoms with Gasteiger partial charge in [-0.2, -0.15) is 0 Å². The van der Waals surface area contributed by atoms with E-state index in [2.05, 4.69) is 19.9 Å². The molecule has 1 N–H and O–H groups in total. The summed E-state index contributed by atoms with van der Waals surface area (Å²) in [7, 11) is 1.29. The zero-order chi connectivity index (χ0) is 20.2. The fourth-order valence-corrected chi connectivity index (χ4v) is 4.00. The summed E-state index contributed by atoms with van der Waals surface area (Å²) < 4.78 is 15.3. The van der Waals surface area contributed by atoms with Crippen molar-refractivity contribution >= 4 is 28.5 Å².